The zero-order valence-corrected chi connectivity index (χ0v) is 13.8. The van der Waals surface area contributed by atoms with Gasteiger partial charge in [0.2, 0.25) is 0 Å². The molecule has 0 fully saturated rings. The highest BCUT2D eigenvalue weighted by Gasteiger charge is 2.19. The van der Waals surface area contributed by atoms with E-state index in [1.54, 1.807) is 0 Å². The molecule has 116 valence electrons. The van der Waals surface area contributed by atoms with Crippen LogP contribution in [0.3, 0.4) is 0 Å². The quantitative estimate of drug-likeness (QED) is 0.871. The minimum Gasteiger partial charge on any atom is -0.396 e. The summed E-state index contributed by atoms with van der Waals surface area (Å²) in [6, 6.07) is 8.40. The summed E-state index contributed by atoms with van der Waals surface area (Å²) < 4.78 is 3.04. The number of benzene rings is 1. The molecule has 0 saturated heterocycles. The first-order chi connectivity index (χ1) is 10.7. The third-order valence-electron chi connectivity index (χ3n) is 4.30. The number of nitrogens with zero attached hydrogens (tertiary/aromatic N) is 2. The molecule has 1 aliphatic rings. The van der Waals surface area contributed by atoms with Gasteiger partial charge in [0, 0.05) is 30.0 Å². The molecular formula is C18H22N2OS. The molecular weight excluding hydrogens is 292 g/mol. The minimum atomic E-state index is 0.199. The Kier molecular flexibility index (Phi) is 4.69. The van der Waals surface area contributed by atoms with E-state index < -0.39 is 0 Å². The van der Waals surface area contributed by atoms with E-state index in [0.29, 0.717) is 0 Å². The molecule has 3 rings (SSSR count). The molecule has 0 saturated carbocycles. The molecule has 1 aromatic carbocycles. The largest absolute Gasteiger partial charge is 0.396 e. The van der Waals surface area contributed by atoms with Crippen LogP contribution in [0.15, 0.2) is 24.3 Å². The van der Waals surface area contributed by atoms with E-state index in [1.165, 1.54) is 29.7 Å². The fourth-order valence-electron chi connectivity index (χ4n) is 3.24. The lowest BCUT2D eigenvalue weighted by Gasteiger charge is -2.24. The van der Waals surface area contributed by atoms with Gasteiger partial charge in [0.15, 0.2) is 0 Å². The van der Waals surface area contributed by atoms with Crippen LogP contribution in [0.2, 0.25) is 0 Å². The van der Waals surface area contributed by atoms with Gasteiger partial charge in [0.05, 0.1) is 0 Å². The maximum atomic E-state index is 9.24. The number of aromatic nitrogens is 2. The van der Waals surface area contributed by atoms with Gasteiger partial charge >= 0.3 is 0 Å². The standard InChI is InChI=1S/C18H22N2OS/c1-13-6-4-7-14(12-13)17-19-18(22)15-8-2-3-9-16(15)20(17)10-5-11-21/h4,6-7,12,21H,2-3,5,8-11H2,1H3. The Bertz CT molecular complexity index is 736. The van der Waals surface area contributed by atoms with E-state index in [2.05, 4.69) is 35.8 Å². The molecule has 1 heterocycles. The average Bonchev–Trinajstić information content (AvgIpc) is 2.54. The maximum absolute atomic E-state index is 9.24. The van der Waals surface area contributed by atoms with Crippen molar-refractivity contribution in [1.29, 1.82) is 0 Å². The van der Waals surface area contributed by atoms with E-state index in [4.69, 9.17) is 17.2 Å². The molecule has 0 spiro atoms. The first-order valence-electron chi connectivity index (χ1n) is 8.01. The van der Waals surface area contributed by atoms with Crippen molar-refractivity contribution in [3.05, 3.63) is 45.7 Å². The minimum absolute atomic E-state index is 0.199. The summed E-state index contributed by atoms with van der Waals surface area (Å²) in [5.41, 5.74) is 4.90. The summed E-state index contributed by atoms with van der Waals surface area (Å²) in [6.45, 7) is 3.09. The first-order valence-corrected chi connectivity index (χ1v) is 8.42. The topological polar surface area (TPSA) is 38.0 Å². The fraction of sp³-hybridized carbons (Fsp3) is 0.444. The van der Waals surface area contributed by atoms with E-state index >= 15 is 0 Å². The van der Waals surface area contributed by atoms with E-state index in [-0.39, 0.29) is 6.61 Å². The van der Waals surface area contributed by atoms with Gasteiger partial charge in [-0.15, -0.1) is 0 Å². The van der Waals surface area contributed by atoms with Crippen LogP contribution in [-0.4, -0.2) is 21.3 Å². The fourth-order valence-corrected chi connectivity index (χ4v) is 3.55. The molecule has 4 heteroatoms. The monoisotopic (exact) mass is 314 g/mol. The number of aliphatic hydroxyl groups is 1. The summed E-state index contributed by atoms with van der Waals surface area (Å²) in [7, 11) is 0. The molecule has 0 atom stereocenters. The summed E-state index contributed by atoms with van der Waals surface area (Å²) in [5.74, 6) is 0.947. The lowest BCUT2D eigenvalue weighted by Crippen LogP contribution is -2.18. The van der Waals surface area contributed by atoms with Gasteiger partial charge in [-0.2, -0.15) is 0 Å². The molecule has 22 heavy (non-hydrogen) atoms. The first kappa shape index (κ1) is 15.4. The summed E-state index contributed by atoms with van der Waals surface area (Å²) in [6.07, 6.45) is 5.24. The SMILES string of the molecule is Cc1cccc(-c2nc(=S)c3c(n2CCCO)CCCC3)c1. The number of aryl methyl sites for hydroxylation is 1. The van der Waals surface area contributed by atoms with Crippen molar-refractivity contribution < 1.29 is 5.11 Å². The highest BCUT2D eigenvalue weighted by atomic mass is 32.1. The number of fused-ring (bicyclic) bond motifs is 1. The second kappa shape index (κ2) is 6.71. The third-order valence-corrected chi connectivity index (χ3v) is 4.64. The number of rotatable bonds is 4. The van der Waals surface area contributed by atoms with Crippen molar-refractivity contribution in [2.45, 2.75) is 45.6 Å². The summed E-state index contributed by atoms with van der Waals surface area (Å²) in [4.78, 5) is 4.75. The molecule has 0 unspecified atom stereocenters. The Morgan fingerprint density at radius 2 is 2.09 bits per heavy atom. The second-order valence-electron chi connectivity index (χ2n) is 5.97. The van der Waals surface area contributed by atoms with Gasteiger partial charge < -0.3 is 9.67 Å². The van der Waals surface area contributed by atoms with Gasteiger partial charge in [0.25, 0.3) is 0 Å². The van der Waals surface area contributed by atoms with E-state index in [9.17, 15) is 5.11 Å². The van der Waals surface area contributed by atoms with Crippen LogP contribution in [0.5, 0.6) is 0 Å². The van der Waals surface area contributed by atoms with Crippen LogP contribution >= 0.6 is 12.2 Å². The van der Waals surface area contributed by atoms with E-state index in [0.717, 1.165) is 41.8 Å². The Morgan fingerprint density at radius 1 is 1.27 bits per heavy atom. The Morgan fingerprint density at radius 3 is 2.86 bits per heavy atom. The Balaban J connectivity index is 2.19. The van der Waals surface area contributed by atoms with Gasteiger partial charge in [-0.25, -0.2) is 4.98 Å². The lowest BCUT2D eigenvalue weighted by atomic mass is 9.96. The highest BCUT2D eigenvalue weighted by molar-refractivity contribution is 7.71. The van der Waals surface area contributed by atoms with Crippen molar-refractivity contribution in [3.63, 3.8) is 0 Å². The zero-order valence-electron chi connectivity index (χ0n) is 13.0. The molecule has 0 radical (unpaired) electrons. The lowest BCUT2D eigenvalue weighted by molar-refractivity contribution is 0.278. The van der Waals surface area contributed by atoms with Crippen molar-refractivity contribution >= 4 is 12.2 Å². The molecule has 2 aromatic rings. The van der Waals surface area contributed by atoms with Gasteiger partial charge in [0.1, 0.15) is 10.5 Å². The maximum Gasteiger partial charge on any atom is 0.141 e. The van der Waals surface area contributed by atoms with Crippen LogP contribution in [0.25, 0.3) is 11.4 Å². The van der Waals surface area contributed by atoms with Crippen molar-refractivity contribution in [2.24, 2.45) is 0 Å². The van der Waals surface area contributed by atoms with Crippen LogP contribution in [-0.2, 0) is 19.4 Å². The molecule has 1 aromatic heterocycles. The van der Waals surface area contributed by atoms with Crippen LogP contribution < -0.4 is 0 Å². The predicted molar refractivity (Wildman–Crippen MR) is 91.6 cm³/mol. The normalized spacial score (nSPS) is 13.9. The Hall–Kier alpha value is -1.52. The van der Waals surface area contributed by atoms with Crippen molar-refractivity contribution in [3.8, 4) is 11.4 Å². The van der Waals surface area contributed by atoms with Crippen LogP contribution in [0.4, 0.5) is 0 Å². The Labute approximate surface area is 136 Å². The third kappa shape index (κ3) is 2.99. The van der Waals surface area contributed by atoms with Crippen LogP contribution in [0.1, 0.15) is 36.1 Å². The molecule has 1 aliphatic carbocycles. The summed E-state index contributed by atoms with van der Waals surface area (Å²) in [5, 5.41) is 9.24. The smallest absolute Gasteiger partial charge is 0.141 e. The molecule has 0 aliphatic heterocycles. The second-order valence-corrected chi connectivity index (χ2v) is 6.36. The van der Waals surface area contributed by atoms with Gasteiger partial charge in [-0.1, -0.05) is 36.0 Å². The highest BCUT2D eigenvalue weighted by Crippen LogP contribution is 2.27. The summed E-state index contributed by atoms with van der Waals surface area (Å²) >= 11 is 5.56. The molecule has 0 amide bonds. The number of aliphatic hydroxyl groups excluding tert-OH is 1. The predicted octanol–water partition coefficient (Wildman–Crippen LogP) is 3.85. The van der Waals surface area contributed by atoms with Crippen LogP contribution in [0, 0.1) is 11.6 Å². The number of hydrogen-bond donors (Lipinski definition) is 1. The molecule has 0 bridgehead atoms. The van der Waals surface area contributed by atoms with Gasteiger partial charge in [-0.3, -0.25) is 0 Å². The van der Waals surface area contributed by atoms with Crippen molar-refractivity contribution in [1.82, 2.24) is 9.55 Å². The van der Waals surface area contributed by atoms with Gasteiger partial charge in [-0.05, 0) is 45.1 Å². The zero-order chi connectivity index (χ0) is 15.5. The average molecular weight is 314 g/mol. The molecule has 3 nitrogen and oxygen atoms in total. The molecule has 1 N–H and O–H groups in total. The van der Waals surface area contributed by atoms with E-state index in [1.807, 2.05) is 0 Å². The van der Waals surface area contributed by atoms with Crippen molar-refractivity contribution in [2.75, 3.05) is 6.61 Å². The number of hydrogen-bond acceptors (Lipinski definition) is 3.